The summed E-state index contributed by atoms with van der Waals surface area (Å²) < 4.78 is 39.6. The van der Waals surface area contributed by atoms with Gasteiger partial charge in [-0.25, -0.2) is 8.42 Å². The maximum atomic E-state index is 13.5. The molecule has 0 saturated carbocycles. The summed E-state index contributed by atoms with van der Waals surface area (Å²) in [6.07, 6.45) is 0.809. The molecule has 8 heteroatoms. The van der Waals surface area contributed by atoms with E-state index in [9.17, 15) is 13.2 Å². The Kier molecular flexibility index (Phi) is 6.79. The first-order valence-electron chi connectivity index (χ1n) is 11.2. The Bertz CT molecular complexity index is 1270. The zero-order valence-corrected chi connectivity index (χ0v) is 20.3. The smallest absolute Gasteiger partial charge is 0.264 e. The first kappa shape index (κ1) is 23.6. The molecular weight excluding hydrogens is 452 g/mol. The highest BCUT2D eigenvalue weighted by atomic mass is 32.2. The molecule has 0 spiro atoms. The van der Waals surface area contributed by atoms with Crippen LogP contribution in [0.3, 0.4) is 0 Å². The van der Waals surface area contributed by atoms with E-state index in [1.54, 1.807) is 60.7 Å². The van der Waals surface area contributed by atoms with Gasteiger partial charge in [0.25, 0.3) is 10.0 Å². The largest absolute Gasteiger partial charge is 0.492 e. The van der Waals surface area contributed by atoms with Crippen molar-refractivity contribution in [3.8, 4) is 11.5 Å². The molecule has 0 fully saturated rings. The summed E-state index contributed by atoms with van der Waals surface area (Å²) in [5.41, 5.74) is 2.80. The van der Waals surface area contributed by atoms with E-state index < -0.39 is 22.5 Å². The molecule has 1 aliphatic rings. The van der Waals surface area contributed by atoms with Gasteiger partial charge in [-0.05, 0) is 51.1 Å². The lowest BCUT2D eigenvalue weighted by molar-refractivity contribution is -0.114. The third-order valence-corrected chi connectivity index (χ3v) is 7.30. The third kappa shape index (κ3) is 5.02. The number of benzene rings is 3. The number of hydrogen-bond donors (Lipinski definition) is 1. The summed E-state index contributed by atoms with van der Waals surface area (Å²) in [6, 6.07) is 18.7. The van der Waals surface area contributed by atoms with E-state index in [1.807, 2.05) is 26.8 Å². The van der Waals surface area contributed by atoms with Gasteiger partial charge in [0, 0.05) is 18.1 Å². The number of carbonyl (C=O) groups is 1. The molecule has 0 unspecified atom stereocenters. The highest BCUT2D eigenvalue weighted by molar-refractivity contribution is 7.92. The van der Waals surface area contributed by atoms with Crippen LogP contribution in [0.5, 0.6) is 11.5 Å². The van der Waals surface area contributed by atoms with Gasteiger partial charge >= 0.3 is 0 Å². The molecule has 0 bridgehead atoms. The minimum atomic E-state index is -3.98. The van der Waals surface area contributed by atoms with Crippen molar-refractivity contribution in [3.63, 3.8) is 0 Å². The molecule has 4 rings (SSSR count). The van der Waals surface area contributed by atoms with Gasteiger partial charge in [0.2, 0.25) is 5.91 Å². The van der Waals surface area contributed by atoms with E-state index in [2.05, 4.69) is 5.32 Å². The second-order valence-electron chi connectivity index (χ2n) is 8.23. The molecule has 0 saturated heterocycles. The predicted octanol–water partition coefficient (Wildman–Crippen LogP) is 4.55. The number of aryl methyl sites for hydroxylation is 1. The fourth-order valence-corrected chi connectivity index (χ4v) is 5.30. The Morgan fingerprint density at radius 3 is 2.50 bits per heavy atom. The second kappa shape index (κ2) is 9.77. The van der Waals surface area contributed by atoms with Crippen molar-refractivity contribution in [2.75, 3.05) is 22.8 Å². The number of fused-ring (bicyclic) bond motifs is 1. The summed E-state index contributed by atoms with van der Waals surface area (Å²) in [5, 5.41) is 2.82. The van der Waals surface area contributed by atoms with E-state index in [4.69, 9.17) is 9.47 Å². The number of carbonyl (C=O) groups excluding carboxylic acids is 1. The number of rotatable bonds is 8. The zero-order valence-electron chi connectivity index (χ0n) is 19.4. The van der Waals surface area contributed by atoms with Crippen LogP contribution < -0.4 is 19.1 Å². The van der Waals surface area contributed by atoms with Crippen molar-refractivity contribution in [1.82, 2.24) is 0 Å². The molecule has 0 radical (unpaired) electrons. The average Bonchev–Trinajstić information content (AvgIpc) is 3.17. The lowest BCUT2D eigenvalue weighted by Gasteiger charge is -2.24. The Balaban J connectivity index is 1.64. The molecule has 178 valence electrons. The van der Waals surface area contributed by atoms with Crippen LogP contribution in [-0.4, -0.2) is 33.6 Å². The molecule has 1 amide bonds. The number of ether oxygens (including phenoxy) is 2. The molecule has 3 aromatic rings. The molecular formula is C26H28N2O5S. The minimum absolute atomic E-state index is 0.0450. The third-order valence-electron chi connectivity index (χ3n) is 5.51. The van der Waals surface area contributed by atoms with Gasteiger partial charge in [0.1, 0.15) is 24.1 Å². The number of nitrogens with one attached hydrogen (secondary N) is 1. The SMILES string of the molecule is CCOc1cc2c(cc1NC(=O)CN(c1ccccc1)S(=O)(=O)c1ccc(C)cc1)O[C@H](C)C2. The Labute approximate surface area is 200 Å². The Hall–Kier alpha value is -3.52. The first-order valence-corrected chi connectivity index (χ1v) is 12.6. The van der Waals surface area contributed by atoms with Crippen LogP contribution in [0, 0.1) is 6.92 Å². The van der Waals surface area contributed by atoms with Gasteiger partial charge in [-0.1, -0.05) is 35.9 Å². The number of para-hydroxylation sites is 1. The van der Waals surface area contributed by atoms with Gasteiger partial charge in [0.15, 0.2) is 0 Å². The van der Waals surface area contributed by atoms with Crippen molar-refractivity contribution in [2.45, 2.75) is 38.2 Å². The highest BCUT2D eigenvalue weighted by Gasteiger charge is 2.28. The van der Waals surface area contributed by atoms with E-state index in [0.717, 1.165) is 21.9 Å². The summed E-state index contributed by atoms with van der Waals surface area (Å²) >= 11 is 0. The Morgan fingerprint density at radius 1 is 1.12 bits per heavy atom. The van der Waals surface area contributed by atoms with Crippen molar-refractivity contribution < 1.29 is 22.7 Å². The van der Waals surface area contributed by atoms with E-state index >= 15 is 0 Å². The zero-order chi connectivity index (χ0) is 24.3. The number of nitrogens with zero attached hydrogens (tertiary/aromatic N) is 1. The van der Waals surface area contributed by atoms with Gasteiger partial charge in [-0.2, -0.15) is 0 Å². The van der Waals surface area contributed by atoms with Crippen molar-refractivity contribution in [1.29, 1.82) is 0 Å². The van der Waals surface area contributed by atoms with E-state index in [-0.39, 0.29) is 11.0 Å². The van der Waals surface area contributed by atoms with Crippen LogP contribution in [0.15, 0.2) is 71.6 Å². The Morgan fingerprint density at radius 2 is 1.82 bits per heavy atom. The lowest BCUT2D eigenvalue weighted by Crippen LogP contribution is -2.38. The molecule has 1 heterocycles. The molecule has 1 atom stereocenters. The first-order chi connectivity index (χ1) is 16.3. The molecule has 0 aliphatic carbocycles. The topological polar surface area (TPSA) is 84.9 Å². The summed E-state index contributed by atoms with van der Waals surface area (Å²) in [6.45, 7) is 5.75. The lowest BCUT2D eigenvalue weighted by atomic mass is 10.1. The van der Waals surface area contributed by atoms with Crippen LogP contribution >= 0.6 is 0 Å². The number of amides is 1. The summed E-state index contributed by atoms with van der Waals surface area (Å²) in [5.74, 6) is 0.727. The fraction of sp³-hybridized carbons (Fsp3) is 0.269. The van der Waals surface area contributed by atoms with Crippen LogP contribution in [0.2, 0.25) is 0 Å². The maximum Gasteiger partial charge on any atom is 0.264 e. The standard InChI is InChI=1S/C26H28N2O5S/c1-4-32-25-15-20-14-19(3)33-24(20)16-23(25)27-26(29)17-28(21-8-6-5-7-9-21)34(30,31)22-12-10-18(2)11-13-22/h5-13,15-16,19H,4,14,17H2,1-3H3,(H,27,29)/t19-/m1/s1. The average molecular weight is 481 g/mol. The number of hydrogen-bond acceptors (Lipinski definition) is 5. The highest BCUT2D eigenvalue weighted by Crippen LogP contribution is 2.38. The maximum absolute atomic E-state index is 13.5. The quantitative estimate of drug-likeness (QED) is 0.511. The van der Waals surface area contributed by atoms with Crippen molar-refractivity contribution in [3.05, 3.63) is 77.9 Å². The van der Waals surface area contributed by atoms with Gasteiger partial charge < -0.3 is 14.8 Å². The van der Waals surface area contributed by atoms with Gasteiger partial charge in [-0.15, -0.1) is 0 Å². The van der Waals surface area contributed by atoms with Gasteiger partial charge in [-0.3, -0.25) is 9.10 Å². The van der Waals surface area contributed by atoms with Crippen molar-refractivity contribution >= 4 is 27.3 Å². The van der Waals surface area contributed by atoms with Crippen LogP contribution in [0.1, 0.15) is 25.0 Å². The van der Waals surface area contributed by atoms with E-state index in [1.165, 1.54) is 0 Å². The predicted molar refractivity (Wildman–Crippen MR) is 132 cm³/mol. The van der Waals surface area contributed by atoms with E-state index in [0.29, 0.717) is 29.5 Å². The second-order valence-corrected chi connectivity index (χ2v) is 10.1. The molecule has 3 aromatic carbocycles. The molecule has 34 heavy (non-hydrogen) atoms. The van der Waals surface area contributed by atoms with Crippen LogP contribution in [0.4, 0.5) is 11.4 Å². The normalized spacial score (nSPS) is 14.7. The van der Waals surface area contributed by atoms with Crippen LogP contribution in [-0.2, 0) is 21.2 Å². The molecule has 1 N–H and O–H groups in total. The minimum Gasteiger partial charge on any atom is -0.492 e. The molecule has 1 aliphatic heterocycles. The number of sulfonamides is 1. The fourth-order valence-electron chi connectivity index (χ4n) is 3.88. The van der Waals surface area contributed by atoms with Gasteiger partial charge in [0.05, 0.1) is 22.9 Å². The van der Waals surface area contributed by atoms with Crippen LogP contribution in [0.25, 0.3) is 0 Å². The molecule has 0 aromatic heterocycles. The number of anilines is 2. The summed E-state index contributed by atoms with van der Waals surface area (Å²) in [7, 11) is -3.98. The summed E-state index contributed by atoms with van der Waals surface area (Å²) in [4.78, 5) is 13.3. The molecule has 7 nitrogen and oxygen atoms in total. The van der Waals surface area contributed by atoms with Crippen molar-refractivity contribution in [2.24, 2.45) is 0 Å². The monoisotopic (exact) mass is 480 g/mol.